The fourth-order valence-corrected chi connectivity index (χ4v) is 1.34. The van der Waals surface area contributed by atoms with Crippen LogP contribution in [0, 0.1) is 6.92 Å². The van der Waals surface area contributed by atoms with Crippen LogP contribution < -0.4 is 5.43 Å². The molecule has 0 heterocycles. The second-order valence-corrected chi connectivity index (χ2v) is 4.06. The van der Waals surface area contributed by atoms with Crippen molar-refractivity contribution in [3.8, 4) is 0 Å². The van der Waals surface area contributed by atoms with Crippen molar-refractivity contribution in [2.75, 3.05) is 12.0 Å². The van der Waals surface area contributed by atoms with E-state index in [1.807, 2.05) is 0 Å². The smallest absolute Gasteiger partial charge is 0.416 e. The molecule has 1 aromatic carbocycles. The van der Waals surface area contributed by atoms with Crippen LogP contribution >= 0.6 is 0 Å². The van der Waals surface area contributed by atoms with Crippen LogP contribution in [0.5, 0.6) is 0 Å². The quantitative estimate of drug-likeness (QED) is 0.525. The molecule has 110 valence electrons. The number of nitrogens with zero attached hydrogens (tertiary/aromatic N) is 1. The Bertz CT molecular complexity index is 525. The average molecular weight is 288 g/mol. The highest BCUT2D eigenvalue weighted by molar-refractivity contribution is 6.35. The Balaban J connectivity index is 2.92. The van der Waals surface area contributed by atoms with Crippen molar-refractivity contribution in [3.05, 3.63) is 29.3 Å². The van der Waals surface area contributed by atoms with Crippen molar-refractivity contribution in [3.63, 3.8) is 0 Å². The summed E-state index contributed by atoms with van der Waals surface area (Å²) in [7, 11) is 0. The minimum absolute atomic E-state index is 0.0312. The Morgan fingerprint density at radius 2 is 2.05 bits per heavy atom. The number of carbonyl (C=O) groups excluding carboxylic acids is 1. The molecule has 0 radical (unpaired) electrons. The first-order chi connectivity index (χ1) is 9.25. The molecule has 1 aromatic rings. The molecule has 0 saturated heterocycles. The summed E-state index contributed by atoms with van der Waals surface area (Å²) in [4.78, 5) is 11.3. The molecule has 0 aromatic heterocycles. The minimum Gasteiger partial charge on any atom is -0.461 e. The standard InChI is InChI=1S/C13H15F3N2O2/c1-4-20-12(19)9(3)17-18-11-7-10(13(14,15)16)6-5-8(11)2/h5-7,18H,4H2,1-3H3/b17-9+. The van der Waals surface area contributed by atoms with Crippen LogP contribution in [0.4, 0.5) is 18.9 Å². The van der Waals surface area contributed by atoms with Crippen LogP contribution in [-0.2, 0) is 15.7 Å². The maximum Gasteiger partial charge on any atom is 0.416 e. The molecular formula is C13H15F3N2O2. The van der Waals surface area contributed by atoms with Gasteiger partial charge in [0.2, 0.25) is 0 Å². The molecule has 4 nitrogen and oxygen atoms in total. The van der Waals surface area contributed by atoms with Gasteiger partial charge in [0.15, 0.2) is 0 Å². The SMILES string of the molecule is CCOC(=O)/C(C)=N/Nc1cc(C(F)(F)F)ccc1C. The van der Waals surface area contributed by atoms with E-state index in [-0.39, 0.29) is 18.0 Å². The Morgan fingerprint density at radius 1 is 1.40 bits per heavy atom. The molecule has 0 unspecified atom stereocenters. The number of hydrazone groups is 1. The number of ether oxygens (including phenoxy) is 1. The molecule has 0 aliphatic heterocycles. The zero-order chi connectivity index (χ0) is 15.3. The highest BCUT2D eigenvalue weighted by atomic mass is 19.4. The summed E-state index contributed by atoms with van der Waals surface area (Å²) in [5, 5.41) is 3.72. The van der Waals surface area contributed by atoms with E-state index in [0.29, 0.717) is 5.56 Å². The lowest BCUT2D eigenvalue weighted by atomic mass is 10.1. The number of anilines is 1. The lowest BCUT2D eigenvalue weighted by Gasteiger charge is -2.11. The Hall–Kier alpha value is -2.05. The molecule has 1 rings (SSSR count). The molecule has 0 spiro atoms. The highest BCUT2D eigenvalue weighted by Gasteiger charge is 2.30. The fourth-order valence-electron chi connectivity index (χ4n) is 1.34. The summed E-state index contributed by atoms with van der Waals surface area (Å²) in [6, 6.07) is 3.26. The molecule has 7 heteroatoms. The second-order valence-electron chi connectivity index (χ2n) is 4.06. The normalized spacial score (nSPS) is 12.2. The lowest BCUT2D eigenvalue weighted by Crippen LogP contribution is -2.15. The van der Waals surface area contributed by atoms with Gasteiger partial charge in [-0.2, -0.15) is 18.3 Å². The topological polar surface area (TPSA) is 50.7 Å². The number of benzene rings is 1. The first-order valence-electron chi connectivity index (χ1n) is 5.91. The van der Waals surface area contributed by atoms with Crippen LogP contribution in [0.2, 0.25) is 0 Å². The molecule has 20 heavy (non-hydrogen) atoms. The Kier molecular flexibility index (Phi) is 5.12. The van der Waals surface area contributed by atoms with E-state index in [9.17, 15) is 18.0 Å². The van der Waals surface area contributed by atoms with E-state index in [2.05, 4.69) is 10.5 Å². The minimum atomic E-state index is -4.43. The zero-order valence-corrected chi connectivity index (χ0v) is 11.3. The Labute approximate surface area is 114 Å². The van der Waals surface area contributed by atoms with E-state index >= 15 is 0 Å². The third-order valence-corrected chi connectivity index (χ3v) is 2.48. The number of hydrogen-bond donors (Lipinski definition) is 1. The number of esters is 1. The molecule has 0 saturated carbocycles. The van der Waals surface area contributed by atoms with Gasteiger partial charge in [0.25, 0.3) is 0 Å². The molecule has 0 bridgehead atoms. The number of rotatable bonds is 4. The summed E-state index contributed by atoms with van der Waals surface area (Å²) in [5.41, 5.74) is 2.47. The van der Waals surface area contributed by atoms with Crippen molar-refractivity contribution in [2.45, 2.75) is 26.9 Å². The molecule has 0 atom stereocenters. The number of hydrogen-bond acceptors (Lipinski definition) is 4. The largest absolute Gasteiger partial charge is 0.461 e. The first kappa shape index (κ1) is 16.0. The predicted molar refractivity (Wildman–Crippen MR) is 69.5 cm³/mol. The van der Waals surface area contributed by atoms with Crippen LogP contribution in [0.15, 0.2) is 23.3 Å². The lowest BCUT2D eigenvalue weighted by molar-refractivity contribution is -0.137. The van der Waals surface area contributed by atoms with Crippen molar-refractivity contribution in [1.82, 2.24) is 0 Å². The van der Waals surface area contributed by atoms with Gasteiger partial charge in [0.05, 0.1) is 17.9 Å². The van der Waals surface area contributed by atoms with Gasteiger partial charge in [-0.25, -0.2) is 4.79 Å². The van der Waals surface area contributed by atoms with Crippen LogP contribution in [0.1, 0.15) is 25.0 Å². The predicted octanol–water partition coefficient (Wildman–Crippen LogP) is 3.36. The zero-order valence-electron chi connectivity index (χ0n) is 11.3. The van der Waals surface area contributed by atoms with Crippen molar-refractivity contribution >= 4 is 17.4 Å². The molecular weight excluding hydrogens is 273 g/mol. The second kappa shape index (κ2) is 6.40. The van der Waals surface area contributed by atoms with E-state index in [4.69, 9.17) is 4.74 Å². The summed E-state index contributed by atoms with van der Waals surface area (Å²) < 4.78 is 42.5. The van der Waals surface area contributed by atoms with Gasteiger partial charge in [0, 0.05) is 0 Å². The number of nitrogens with one attached hydrogen (secondary N) is 1. The number of aryl methyl sites for hydroxylation is 1. The van der Waals surface area contributed by atoms with Crippen molar-refractivity contribution in [1.29, 1.82) is 0 Å². The molecule has 0 amide bonds. The maximum absolute atomic E-state index is 12.6. The summed E-state index contributed by atoms with van der Waals surface area (Å²) in [6.45, 7) is 4.90. The fraction of sp³-hybridized carbons (Fsp3) is 0.385. The van der Waals surface area contributed by atoms with Crippen LogP contribution in [-0.4, -0.2) is 18.3 Å². The molecule has 0 aliphatic rings. The molecule has 0 fully saturated rings. The van der Waals surface area contributed by atoms with Gasteiger partial charge in [-0.3, -0.25) is 5.43 Å². The van der Waals surface area contributed by atoms with Gasteiger partial charge in [-0.05, 0) is 38.5 Å². The number of halogens is 3. The first-order valence-corrected chi connectivity index (χ1v) is 5.91. The van der Waals surface area contributed by atoms with E-state index in [0.717, 1.165) is 12.1 Å². The van der Waals surface area contributed by atoms with Gasteiger partial charge < -0.3 is 4.74 Å². The third-order valence-electron chi connectivity index (χ3n) is 2.48. The van der Waals surface area contributed by atoms with Crippen LogP contribution in [0.25, 0.3) is 0 Å². The highest BCUT2D eigenvalue weighted by Crippen LogP contribution is 2.31. The summed E-state index contributed by atoms with van der Waals surface area (Å²) >= 11 is 0. The monoisotopic (exact) mass is 288 g/mol. The molecule has 0 aliphatic carbocycles. The summed E-state index contributed by atoms with van der Waals surface area (Å²) in [6.07, 6.45) is -4.43. The third kappa shape index (κ3) is 4.25. The van der Waals surface area contributed by atoms with Crippen molar-refractivity contribution in [2.24, 2.45) is 5.10 Å². The number of alkyl halides is 3. The summed E-state index contributed by atoms with van der Waals surface area (Å²) in [5.74, 6) is -0.621. The average Bonchev–Trinajstić information content (AvgIpc) is 2.36. The van der Waals surface area contributed by atoms with E-state index in [1.54, 1.807) is 13.8 Å². The number of carbonyl (C=O) groups is 1. The van der Waals surface area contributed by atoms with Gasteiger partial charge in [0.1, 0.15) is 5.71 Å². The van der Waals surface area contributed by atoms with E-state index in [1.165, 1.54) is 13.0 Å². The van der Waals surface area contributed by atoms with Crippen molar-refractivity contribution < 1.29 is 22.7 Å². The van der Waals surface area contributed by atoms with Gasteiger partial charge in [-0.15, -0.1) is 0 Å². The van der Waals surface area contributed by atoms with Crippen LogP contribution in [0.3, 0.4) is 0 Å². The van der Waals surface area contributed by atoms with Gasteiger partial charge >= 0.3 is 12.1 Å². The maximum atomic E-state index is 12.6. The van der Waals surface area contributed by atoms with Gasteiger partial charge in [-0.1, -0.05) is 6.07 Å². The van der Waals surface area contributed by atoms with E-state index < -0.39 is 17.7 Å². The molecule has 1 N–H and O–H groups in total. The Morgan fingerprint density at radius 3 is 2.60 bits per heavy atom.